The molecule has 18 rings (SSSR count). The van der Waals surface area contributed by atoms with Gasteiger partial charge in [-0.2, -0.15) is 0 Å². The van der Waals surface area contributed by atoms with E-state index < -0.39 is 389 Å². The minimum atomic E-state index is -2.64. The summed E-state index contributed by atoms with van der Waals surface area (Å²) < 4.78 is 87.0. The summed E-state index contributed by atoms with van der Waals surface area (Å²) in [6, 6.07) is 3.12. The van der Waals surface area contributed by atoms with E-state index >= 15 is 24.0 Å². The second-order valence-corrected chi connectivity index (χ2v) is 35.4. The summed E-state index contributed by atoms with van der Waals surface area (Å²) in [6.07, 6.45) is -51.4. The van der Waals surface area contributed by atoms with Crippen molar-refractivity contribution < 1.29 is 202 Å². The van der Waals surface area contributed by atoms with Crippen molar-refractivity contribution in [3.05, 3.63) is 164 Å². The Kier molecular flexibility index (Phi) is 30.2. The summed E-state index contributed by atoms with van der Waals surface area (Å²) in [5.74, 6) is -17.9. The Morgan fingerprint density at radius 1 is 0.443 bits per heavy atom. The highest BCUT2D eigenvalue weighted by molar-refractivity contribution is 6.32. The number of amides is 6. The fourth-order valence-electron chi connectivity index (χ4n) is 17.5. The fraction of sp³-hybridized carbons (Fsp3) is 0.456. The van der Waals surface area contributed by atoms with Gasteiger partial charge in [0.2, 0.25) is 60.1 Å². The molecule has 7 aromatic rings. The van der Waals surface area contributed by atoms with Gasteiger partial charge in [-0.25, -0.2) is 4.79 Å². The van der Waals surface area contributed by atoms with E-state index in [1.54, 1.807) is 0 Å². The average Bonchev–Trinajstić information content (AvgIpc) is 0.741. The lowest BCUT2D eigenvalue weighted by atomic mass is 9.89. The molecule has 0 radical (unpaired) electrons. The van der Waals surface area contributed by atoms with Gasteiger partial charge in [-0.15, -0.1) is 0 Å². The number of fused-ring (bicyclic) bond motifs is 14. The number of nitrogens with one attached hydrogen (secondary N) is 6. The zero-order chi connectivity index (χ0) is 100. The van der Waals surface area contributed by atoms with Gasteiger partial charge in [0.15, 0.2) is 47.7 Å². The third-order valence-corrected chi connectivity index (χ3v) is 25.9. The van der Waals surface area contributed by atoms with Crippen LogP contribution in [0.15, 0.2) is 109 Å². The van der Waals surface area contributed by atoms with Crippen LogP contribution < -0.4 is 66.1 Å². The molecule has 0 aromatic heterocycles. The van der Waals surface area contributed by atoms with E-state index in [1.165, 1.54) is 38.1 Å². The number of aliphatic hydroxyl groups excluding tert-OH is 17. The van der Waals surface area contributed by atoms with E-state index in [0.717, 1.165) is 92.0 Å². The molecule has 11 heterocycles. The molecule has 7 aromatic carbocycles. The Labute approximate surface area is 800 Å². The number of phenols is 3. The predicted molar refractivity (Wildman–Crippen MR) is 465 cm³/mol. The number of aliphatic hydroxyl groups is 17. The van der Waals surface area contributed by atoms with Gasteiger partial charge >= 0.3 is 5.97 Å². The van der Waals surface area contributed by atoms with Crippen LogP contribution in [0, 0.1) is 6.92 Å². The van der Waals surface area contributed by atoms with E-state index in [0.29, 0.717) is 0 Å². The lowest BCUT2D eigenvalue weighted by Crippen LogP contribution is -2.65. The largest absolute Gasteiger partial charge is 0.508 e. The van der Waals surface area contributed by atoms with Crippen molar-refractivity contribution in [2.75, 3.05) is 33.5 Å². The zero-order valence-corrected chi connectivity index (χ0v) is 75.0. The van der Waals surface area contributed by atoms with Crippen LogP contribution in [-0.4, -0.2) is 337 Å². The van der Waals surface area contributed by atoms with Gasteiger partial charge in [0.1, 0.15) is 180 Å². The monoisotopic (exact) mass is 2000 g/mol. The van der Waals surface area contributed by atoms with Crippen LogP contribution in [0.2, 0.25) is 10.0 Å². The van der Waals surface area contributed by atoms with Gasteiger partial charge in [0.05, 0.1) is 55.8 Å². The highest BCUT2D eigenvalue weighted by Gasteiger charge is 2.55. The van der Waals surface area contributed by atoms with E-state index in [-0.39, 0.29) is 22.3 Å². The first-order valence-electron chi connectivity index (χ1n) is 43.7. The number of esters is 1. The quantitative estimate of drug-likeness (QED) is 0.0430. The number of methoxy groups -OCH3 is 1. The zero-order valence-electron chi connectivity index (χ0n) is 73.5. The van der Waals surface area contributed by atoms with E-state index in [2.05, 4.69) is 31.9 Å². The smallest absolute Gasteiger partial charge is 0.333 e. The van der Waals surface area contributed by atoms with Crippen LogP contribution in [0.3, 0.4) is 0 Å². The number of benzene rings is 7. The van der Waals surface area contributed by atoms with Crippen molar-refractivity contribution in [3.8, 4) is 80.1 Å². The minimum absolute atomic E-state index is 0.0579. The Morgan fingerprint density at radius 3 is 1.53 bits per heavy atom. The molecule has 0 spiro atoms. The van der Waals surface area contributed by atoms with E-state index in [1.807, 2.05) is 0 Å². The number of hydrogen-bond donors (Lipinski definition) is 27. The summed E-state index contributed by atoms with van der Waals surface area (Å²) in [7, 11) is 0.857. The predicted octanol–water partition coefficient (Wildman–Crippen LogP) is -4.49. The van der Waals surface area contributed by atoms with Crippen LogP contribution >= 0.6 is 23.2 Å². The summed E-state index contributed by atoms with van der Waals surface area (Å²) in [5.41, 5.74) is 2.77. The third-order valence-electron chi connectivity index (χ3n) is 25.3. The molecule has 140 heavy (non-hydrogen) atoms. The summed E-state index contributed by atoms with van der Waals surface area (Å²) in [5, 5.41) is 240. The molecule has 17 bridgehead atoms. The van der Waals surface area contributed by atoms with Crippen LogP contribution in [0.4, 0.5) is 0 Å². The Hall–Kier alpha value is -11.4. The molecule has 1 unspecified atom stereocenters. The van der Waals surface area contributed by atoms with Crippen molar-refractivity contribution in [2.24, 2.45) is 5.73 Å². The minimum Gasteiger partial charge on any atom is -0.508 e. The molecule has 0 saturated carbocycles. The SMILES string of the molecule is COC(=O)[C@H]1NC(=O)[C@H]2NC(=O)[C@H](NC(=O)[C@@H]3NC(=O)C4NC(=O)[C@@H](Cc5ccc(c(Cl)c5)Oc5cc3cc(c5O[C@@H]3O[C@H](CO)[C@H](O)[C@H](O)[C@H]3O[C@@H]3O[C@H](CO)[C@H](O)[C@@H](O)[C@H]3O)Oc3ccc(cc3Cl)[C@H]2O[C@H]2C[C@H](O)[C@H](O)[C@@H](C)O2)NC(=O)[C@@H](N)c2ccc(O)c(c2)Oc2cc4cc(O[C@@H]3O[C@H](CO)[C@H](O)[C@@H](O)[C@H]3O)c2C)c2ccc(O)c(c2)-c2c(O[C@@H]3O[C@H](CO)[C@H](O)[C@@H](O)[C@H]3O)cc(O)cc21. The number of halogens is 2. The number of hydrogen-bond acceptors (Lipinski definition) is 42. The average molecular weight is 2010 g/mol. The third kappa shape index (κ3) is 20.2. The molecule has 48 nitrogen and oxygen atoms in total. The van der Waals surface area contributed by atoms with Crippen molar-refractivity contribution >= 4 is 64.6 Å². The second kappa shape index (κ2) is 41.7. The number of carbonyl (C=O) groups is 7. The number of phenolic OH excluding ortho intramolecular Hbond substituents is 3. The molecule has 0 aliphatic carbocycles. The first-order valence-corrected chi connectivity index (χ1v) is 44.4. The van der Waals surface area contributed by atoms with Gasteiger partial charge in [0, 0.05) is 41.2 Å². The molecule has 11 aliphatic heterocycles. The molecule has 5 fully saturated rings. The summed E-state index contributed by atoms with van der Waals surface area (Å²) in [4.78, 5) is 113. The normalized spacial score (nSPS) is 34.1. The fourth-order valence-corrected chi connectivity index (χ4v) is 18.0. The number of ether oxygens (including phenoxy) is 14. The van der Waals surface area contributed by atoms with Crippen LogP contribution in [0.25, 0.3) is 11.1 Å². The van der Waals surface area contributed by atoms with Crippen molar-refractivity contribution in [3.63, 3.8) is 0 Å². The molecule has 5 saturated heterocycles. The number of carbonyl (C=O) groups excluding carboxylic acids is 7. The molecular weight excluding hydrogens is 1910 g/mol. The maximum atomic E-state index is 17.3. The van der Waals surface area contributed by atoms with Crippen molar-refractivity contribution in [1.29, 1.82) is 0 Å². The van der Waals surface area contributed by atoms with E-state index in [9.17, 15) is 112 Å². The van der Waals surface area contributed by atoms with E-state index in [4.69, 9.17) is 95.3 Å². The number of nitrogens with two attached hydrogens (primary N) is 1. The lowest BCUT2D eigenvalue weighted by Gasteiger charge is -2.45. The molecule has 11 aliphatic rings. The maximum absolute atomic E-state index is 17.3. The molecule has 28 N–H and O–H groups in total. The van der Waals surface area contributed by atoms with Crippen molar-refractivity contribution in [2.45, 2.75) is 223 Å². The Balaban J connectivity index is 0.966. The highest BCUT2D eigenvalue weighted by Crippen LogP contribution is 2.52. The topological polar surface area (TPSA) is 752 Å². The first-order chi connectivity index (χ1) is 66.7. The molecule has 50 heteroatoms. The van der Waals surface area contributed by atoms with Gasteiger partial charge in [-0.3, -0.25) is 28.8 Å². The lowest BCUT2D eigenvalue weighted by molar-refractivity contribution is -0.358. The highest BCUT2D eigenvalue weighted by atomic mass is 35.5. The summed E-state index contributed by atoms with van der Waals surface area (Å²) >= 11 is 14.8. The number of rotatable bonds is 15. The second-order valence-electron chi connectivity index (χ2n) is 34.6. The van der Waals surface area contributed by atoms with Crippen molar-refractivity contribution in [1.82, 2.24) is 31.9 Å². The van der Waals surface area contributed by atoms with Gasteiger partial charge in [0.25, 0.3) is 0 Å². The molecule has 32 atom stereocenters. The molecule has 6 amide bonds. The summed E-state index contributed by atoms with van der Waals surface area (Å²) in [6.45, 7) is -1.54. The molecular formula is C90H99Cl2N7O41. The van der Waals surface area contributed by atoms with Crippen LogP contribution in [-0.2, 0) is 77.9 Å². The molecule has 754 valence electrons. The van der Waals surface area contributed by atoms with Crippen LogP contribution in [0.5, 0.6) is 69.0 Å². The van der Waals surface area contributed by atoms with Gasteiger partial charge < -0.3 is 206 Å². The van der Waals surface area contributed by atoms with Gasteiger partial charge in [-0.05, 0) is 126 Å². The van der Waals surface area contributed by atoms with Gasteiger partial charge in [-0.1, -0.05) is 47.5 Å². The maximum Gasteiger partial charge on any atom is 0.333 e. The number of aromatic hydroxyl groups is 3. The Bertz CT molecular complexity index is 5840. The Morgan fingerprint density at radius 2 is 0.943 bits per heavy atom. The van der Waals surface area contributed by atoms with Crippen LogP contribution in [0.1, 0.15) is 94.2 Å². The first kappa shape index (κ1) is 102. The standard InChI is InChI=1S/C90H99Cl2N7O41/c1-28-47-17-34(18-48(28)132-87-74(117)70(113)66(109)53(24-100)134-87)61-83(123)97-62-35-19-51(129-45-10-4-30(12-39(45)91)13-41(80(120)95-61)94-81(121)59(93)31-5-9-43(106)49(16-31)131-47)78(139-90-79(73(116)69(112)56(27-103)137-90)140-89-76(119)72(115)68(111)55(26-102)136-89)52(20-35)130-46-11-7-33(15-40(46)92)77(138-57-23-44(107)65(108)29(2)128-57)64-85(125)98-63(86(126)127-3)38-21-36(104)22-50(133-88-75(118)71(114)67(110)54(25-101)135-88)58(38)37-14-32(6-8-42(37)105)60(82(122)99-64)96-84(62)124/h4-12,14-22,29,41,44,53-57,59-77,79,87-90,100-119H,13,23-27,93H2,1-3H3,(H,94,121)(H,95,120)(H,96,124)(H,97,123)(H,98,125)(H,99,122)/t29-,41-,44+,53-,54-,55-,56-,57+,59+,60-,61?,62-,63+,64+,65-,66+,67+,68+,69+,70-,71-,72-,73+,74-,75-,76-,77-,79-,87-,88-,89+,90+/m1/s1.